The highest BCUT2D eigenvalue weighted by atomic mass is 79.9. The van der Waals surface area contributed by atoms with Crippen molar-refractivity contribution in [3.05, 3.63) is 95.0 Å². The van der Waals surface area contributed by atoms with Gasteiger partial charge in [-0.1, -0.05) is 52.3 Å². The third-order valence-electron chi connectivity index (χ3n) is 3.11. The van der Waals surface area contributed by atoms with E-state index in [0.29, 0.717) is 5.90 Å². The van der Waals surface area contributed by atoms with Crippen LogP contribution in [0.2, 0.25) is 0 Å². The van der Waals surface area contributed by atoms with Crippen molar-refractivity contribution in [1.29, 1.82) is 0 Å². The SMILES string of the molecule is Brc1ccc(/C(=N\Nc2ccccc2)Oc2ccccc2)cc1. The molecule has 0 heterocycles. The maximum Gasteiger partial charge on any atom is 0.243 e. The Kier molecular flexibility index (Phi) is 5.06. The van der Waals surface area contributed by atoms with Crippen LogP contribution in [0.15, 0.2) is 94.5 Å². The fourth-order valence-corrected chi connectivity index (χ4v) is 2.23. The first-order valence-corrected chi connectivity index (χ1v) is 7.98. The minimum absolute atomic E-state index is 0.507. The van der Waals surface area contributed by atoms with Gasteiger partial charge in [0.05, 0.1) is 5.69 Å². The van der Waals surface area contributed by atoms with Crippen LogP contribution in [0, 0.1) is 0 Å². The number of halogens is 1. The summed E-state index contributed by atoms with van der Waals surface area (Å²) < 4.78 is 6.94. The molecule has 0 aliphatic heterocycles. The third kappa shape index (κ3) is 4.44. The lowest BCUT2D eigenvalue weighted by Gasteiger charge is -2.10. The van der Waals surface area contributed by atoms with E-state index >= 15 is 0 Å². The molecule has 0 aliphatic carbocycles. The van der Waals surface area contributed by atoms with Crippen LogP contribution in [0.3, 0.4) is 0 Å². The molecule has 4 heteroatoms. The van der Waals surface area contributed by atoms with Crippen LogP contribution in [0.25, 0.3) is 0 Å². The van der Waals surface area contributed by atoms with Crippen molar-refractivity contribution in [2.24, 2.45) is 5.10 Å². The van der Waals surface area contributed by atoms with E-state index in [1.807, 2.05) is 84.9 Å². The predicted molar refractivity (Wildman–Crippen MR) is 97.8 cm³/mol. The van der Waals surface area contributed by atoms with Gasteiger partial charge in [0.15, 0.2) is 0 Å². The molecule has 0 aromatic heterocycles. The Morgan fingerprint density at radius 3 is 2.04 bits per heavy atom. The van der Waals surface area contributed by atoms with Gasteiger partial charge in [-0.3, -0.25) is 5.43 Å². The van der Waals surface area contributed by atoms with Gasteiger partial charge in [0.2, 0.25) is 5.90 Å². The Morgan fingerprint density at radius 2 is 1.39 bits per heavy atom. The second-order valence-electron chi connectivity index (χ2n) is 4.82. The average molecular weight is 367 g/mol. The van der Waals surface area contributed by atoms with Crippen molar-refractivity contribution in [3.8, 4) is 5.75 Å². The summed E-state index contributed by atoms with van der Waals surface area (Å²) in [6.45, 7) is 0. The van der Waals surface area contributed by atoms with Gasteiger partial charge >= 0.3 is 0 Å². The fourth-order valence-electron chi connectivity index (χ4n) is 1.97. The van der Waals surface area contributed by atoms with Gasteiger partial charge in [0.1, 0.15) is 5.75 Å². The minimum Gasteiger partial charge on any atom is -0.437 e. The second-order valence-corrected chi connectivity index (χ2v) is 5.73. The monoisotopic (exact) mass is 366 g/mol. The first kappa shape index (κ1) is 15.3. The van der Waals surface area contributed by atoms with Crippen molar-refractivity contribution in [3.63, 3.8) is 0 Å². The first-order chi connectivity index (χ1) is 11.3. The molecule has 114 valence electrons. The Hall–Kier alpha value is -2.59. The Bertz CT molecular complexity index is 771. The Labute approximate surface area is 143 Å². The number of benzene rings is 3. The number of nitrogens with zero attached hydrogens (tertiary/aromatic N) is 1. The predicted octanol–water partition coefficient (Wildman–Crippen LogP) is 5.30. The quantitative estimate of drug-likeness (QED) is 0.386. The van der Waals surface area contributed by atoms with Crippen LogP contribution in [0.5, 0.6) is 5.75 Å². The van der Waals surface area contributed by atoms with Gasteiger partial charge in [0, 0.05) is 10.0 Å². The van der Waals surface area contributed by atoms with Crippen LogP contribution in [-0.2, 0) is 0 Å². The zero-order valence-electron chi connectivity index (χ0n) is 12.3. The summed E-state index contributed by atoms with van der Waals surface area (Å²) >= 11 is 3.44. The van der Waals surface area contributed by atoms with E-state index in [0.717, 1.165) is 21.5 Å². The number of hydrogen-bond acceptors (Lipinski definition) is 3. The number of hydrogen-bond donors (Lipinski definition) is 1. The van der Waals surface area contributed by atoms with E-state index in [4.69, 9.17) is 4.74 Å². The maximum atomic E-state index is 5.93. The summed E-state index contributed by atoms with van der Waals surface area (Å²) in [5, 5.41) is 4.42. The number of anilines is 1. The fraction of sp³-hybridized carbons (Fsp3) is 0. The molecule has 0 bridgehead atoms. The molecule has 0 radical (unpaired) electrons. The van der Waals surface area contributed by atoms with Gasteiger partial charge in [-0.05, 0) is 48.5 Å². The summed E-state index contributed by atoms with van der Waals surface area (Å²) in [6.07, 6.45) is 0. The maximum absolute atomic E-state index is 5.93. The molecular weight excluding hydrogens is 352 g/mol. The largest absolute Gasteiger partial charge is 0.437 e. The molecular formula is C19H15BrN2O. The molecule has 0 fully saturated rings. The zero-order valence-corrected chi connectivity index (χ0v) is 13.9. The standard InChI is InChI=1S/C19H15BrN2O/c20-16-13-11-15(12-14-16)19(23-18-9-5-2-6-10-18)22-21-17-7-3-1-4-8-17/h1-14,21H/b22-19+. The van der Waals surface area contributed by atoms with Crippen LogP contribution < -0.4 is 10.2 Å². The summed E-state index contributed by atoms with van der Waals surface area (Å²) in [4.78, 5) is 0. The molecule has 0 spiro atoms. The van der Waals surface area contributed by atoms with Gasteiger partial charge < -0.3 is 4.74 Å². The molecule has 3 aromatic carbocycles. The molecule has 3 nitrogen and oxygen atoms in total. The number of ether oxygens (including phenoxy) is 1. The highest BCUT2D eigenvalue weighted by Crippen LogP contribution is 2.16. The van der Waals surface area contributed by atoms with E-state index in [2.05, 4.69) is 26.5 Å². The number of para-hydroxylation sites is 2. The van der Waals surface area contributed by atoms with Gasteiger partial charge in [0.25, 0.3) is 0 Å². The highest BCUT2D eigenvalue weighted by molar-refractivity contribution is 9.10. The molecule has 0 amide bonds. The Morgan fingerprint density at radius 1 is 0.783 bits per heavy atom. The topological polar surface area (TPSA) is 33.6 Å². The molecule has 0 unspecified atom stereocenters. The lowest BCUT2D eigenvalue weighted by Crippen LogP contribution is -2.12. The van der Waals surface area contributed by atoms with Crippen LogP contribution >= 0.6 is 15.9 Å². The van der Waals surface area contributed by atoms with Crippen molar-refractivity contribution in [1.82, 2.24) is 0 Å². The number of rotatable bonds is 4. The van der Waals surface area contributed by atoms with E-state index in [9.17, 15) is 0 Å². The van der Waals surface area contributed by atoms with E-state index < -0.39 is 0 Å². The zero-order chi connectivity index (χ0) is 15.9. The van der Waals surface area contributed by atoms with E-state index in [1.54, 1.807) is 0 Å². The second kappa shape index (κ2) is 7.61. The average Bonchev–Trinajstić information content (AvgIpc) is 2.61. The number of hydrazone groups is 1. The normalized spacial score (nSPS) is 11.1. The van der Waals surface area contributed by atoms with Crippen molar-refractivity contribution >= 4 is 27.5 Å². The summed E-state index contributed by atoms with van der Waals surface area (Å²) in [5.41, 5.74) is 4.82. The molecule has 1 N–H and O–H groups in total. The Balaban J connectivity index is 1.87. The number of nitrogens with one attached hydrogen (secondary N) is 1. The van der Waals surface area contributed by atoms with E-state index in [-0.39, 0.29) is 0 Å². The molecule has 0 atom stereocenters. The van der Waals surface area contributed by atoms with Crippen molar-refractivity contribution < 1.29 is 4.74 Å². The van der Waals surface area contributed by atoms with Crippen LogP contribution in [-0.4, -0.2) is 5.90 Å². The summed E-state index contributed by atoms with van der Waals surface area (Å²) in [6, 6.07) is 27.2. The minimum atomic E-state index is 0.507. The first-order valence-electron chi connectivity index (χ1n) is 7.19. The summed E-state index contributed by atoms with van der Waals surface area (Å²) in [7, 11) is 0. The van der Waals surface area contributed by atoms with Crippen LogP contribution in [0.4, 0.5) is 5.69 Å². The van der Waals surface area contributed by atoms with Crippen LogP contribution in [0.1, 0.15) is 5.56 Å². The van der Waals surface area contributed by atoms with Gasteiger partial charge in [-0.2, -0.15) is 0 Å². The molecule has 0 saturated heterocycles. The lowest BCUT2D eigenvalue weighted by atomic mass is 10.2. The highest BCUT2D eigenvalue weighted by Gasteiger charge is 2.07. The van der Waals surface area contributed by atoms with Gasteiger partial charge in [-0.15, -0.1) is 5.10 Å². The molecule has 23 heavy (non-hydrogen) atoms. The molecule has 3 aromatic rings. The van der Waals surface area contributed by atoms with E-state index in [1.165, 1.54) is 0 Å². The summed E-state index contributed by atoms with van der Waals surface area (Å²) in [5.74, 6) is 1.25. The van der Waals surface area contributed by atoms with Crippen molar-refractivity contribution in [2.45, 2.75) is 0 Å². The lowest BCUT2D eigenvalue weighted by molar-refractivity contribution is 0.551. The molecule has 0 aliphatic rings. The molecule has 3 rings (SSSR count). The smallest absolute Gasteiger partial charge is 0.243 e. The van der Waals surface area contributed by atoms with Crippen molar-refractivity contribution in [2.75, 3.05) is 5.43 Å². The third-order valence-corrected chi connectivity index (χ3v) is 3.64. The van der Waals surface area contributed by atoms with Gasteiger partial charge in [-0.25, -0.2) is 0 Å². The molecule has 0 saturated carbocycles.